The molecule has 0 bridgehead atoms. The smallest absolute Gasteiger partial charge is 0.408 e. The van der Waals surface area contributed by atoms with Crippen molar-refractivity contribution in [1.29, 1.82) is 0 Å². The number of nitrogens with one attached hydrogen (secondary N) is 2. The third-order valence-corrected chi connectivity index (χ3v) is 5.95. The van der Waals surface area contributed by atoms with Crippen LogP contribution in [0.1, 0.15) is 84.8 Å². The van der Waals surface area contributed by atoms with Gasteiger partial charge < -0.3 is 34.7 Å². The number of carbonyl (C=O) groups excluding carboxylic acids is 4. The maximum atomic E-state index is 12.2. The molecule has 0 spiro atoms. The minimum Gasteiger partial charge on any atom is -0.458 e. The minimum atomic E-state index is -0.793. The molecule has 2 aromatic carbocycles. The van der Waals surface area contributed by atoms with E-state index in [-0.39, 0.29) is 19.8 Å². The molecule has 11 heteroatoms. The number of carbonyl (C=O) groups is 4. The number of amides is 2. The highest BCUT2D eigenvalue weighted by molar-refractivity contribution is 5.82. The Hall–Kier alpha value is -4.38. The second-order valence-corrected chi connectivity index (χ2v) is 12.7. The van der Waals surface area contributed by atoms with Crippen LogP contribution >= 0.6 is 0 Å². The third kappa shape index (κ3) is 20.4. The molecule has 0 aliphatic heterocycles. The van der Waals surface area contributed by atoms with Gasteiger partial charge in [0, 0.05) is 6.61 Å². The quantitative estimate of drug-likeness (QED) is 0.0860. The zero-order chi connectivity index (χ0) is 35.3. The fourth-order valence-electron chi connectivity index (χ4n) is 3.80. The molecule has 2 amide bonds. The minimum absolute atomic E-state index is 0.0412. The lowest BCUT2D eigenvalue weighted by molar-refractivity contribution is -0.158. The number of alkyl carbamates (subject to hydrolysis) is 2. The molecule has 0 saturated heterocycles. The molecule has 0 radical (unpaired) electrons. The van der Waals surface area contributed by atoms with Crippen LogP contribution in [-0.4, -0.2) is 59.1 Å². The predicted molar refractivity (Wildman–Crippen MR) is 179 cm³/mol. The van der Waals surface area contributed by atoms with E-state index in [2.05, 4.69) is 17.2 Å². The van der Waals surface area contributed by atoms with Crippen molar-refractivity contribution in [1.82, 2.24) is 10.6 Å². The summed E-state index contributed by atoms with van der Waals surface area (Å²) in [6.45, 7) is 14.6. The number of esters is 2. The zero-order valence-corrected chi connectivity index (χ0v) is 28.6. The van der Waals surface area contributed by atoms with Crippen molar-refractivity contribution in [3.05, 3.63) is 84.4 Å². The van der Waals surface area contributed by atoms with E-state index < -0.39 is 47.4 Å². The summed E-state index contributed by atoms with van der Waals surface area (Å²) in [6.07, 6.45) is 2.92. The maximum Gasteiger partial charge on any atom is 0.408 e. The highest BCUT2D eigenvalue weighted by Crippen LogP contribution is 2.13. The van der Waals surface area contributed by atoms with Crippen molar-refractivity contribution in [2.45, 2.75) is 110 Å². The monoisotopic (exact) mass is 656 g/mol. The molecule has 0 fully saturated rings. The van der Waals surface area contributed by atoms with Gasteiger partial charge in [-0.1, -0.05) is 66.7 Å². The zero-order valence-electron chi connectivity index (χ0n) is 28.6. The normalized spacial score (nSPS) is 12.2. The average molecular weight is 657 g/mol. The number of unbranched alkanes of at least 4 members (excludes halogenated alkanes) is 1. The van der Waals surface area contributed by atoms with Crippen molar-refractivity contribution in [3.8, 4) is 0 Å². The van der Waals surface area contributed by atoms with E-state index in [0.717, 1.165) is 11.1 Å². The Balaban J connectivity index is 0.000000470. The number of hydrogen-bond donors (Lipinski definition) is 3. The second-order valence-electron chi connectivity index (χ2n) is 12.7. The first kappa shape index (κ1) is 40.6. The molecule has 47 heavy (non-hydrogen) atoms. The van der Waals surface area contributed by atoms with Crippen molar-refractivity contribution < 1.29 is 43.2 Å². The lowest BCUT2D eigenvalue weighted by atomic mass is 10.1. The third-order valence-electron chi connectivity index (χ3n) is 5.95. The summed E-state index contributed by atoms with van der Waals surface area (Å²) in [5, 5.41) is 14.0. The van der Waals surface area contributed by atoms with Gasteiger partial charge in [0.1, 0.15) is 36.5 Å². The van der Waals surface area contributed by atoms with Gasteiger partial charge in [0.15, 0.2) is 0 Å². The second kappa shape index (κ2) is 21.4. The first-order valence-electron chi connectivity index (χ1n) is 15.8. The fourth-order valence-corrected chi connectivity index (χ4v) is 3.80. The maximum absolute atomic E-state index is 12.2. The van der Waals surface area contributed by atoms with Gasteiger partial charge in [-0.15, -0.1) is 6.58 Å². The summed E-state index contributed by atoms with van der Waals surface area (Å²) in [4.78, 5) is 48.2. The number of aliphatic hydroxyl groups excluding tert-OH is 1. The fraction of sp³-hybridized carbons (Fsp3) is 0.500. The van der Waals surface area contributed by atoms with E-state index >= 15 is 0 Å². The van der Waals surface area contributed by atoms with Crippen LogP contribution in [0, 0.1) is 0 Å². The molecular weight excluding hydrogens is 604 g/mol. The lowest BCUT2D eigenvalue weighted by Crippen LogP contribution is -2.44. The van der Waals surface area contributed by atoms with E-state index in [0.29, 0.717) is 32.1 Å². The van der Waals surface area contributed by atoms with Gasteiger partial charge in [0.05, 0.1) is 0 Å². The van der Waals surface area contributed by atoms with Gasteiger partial charge in [-0.05, 0) is 84.8 Å². The SMILES string of the molecule is C=CCC[C@H](NC(=O)OCc1ccccc1)C(=O)OC(C)(C)C.CC(C)(C)OC(=O)[C@H](CCCCO)NC(=O)OCc1ccccc1. The van der Waals surface area contributed by atoms with E-state index in [1.165, 1.54) is 0 Å². The Bertz CT molecular complexity index is 1220. The lowest BCUT2D eigenvalue weighted by Gasteiger charge is -2.24. The molecule has 3 N–H and O–H groups in total. The largest absolute Gasteiger partial charge is 0.458 e. The van der Waals surface area contributed by atoms with Gasteiger partial charge in [-0.2, -0.15) is 0 Å². The van der Waals surface area contributed by atoms with E-state index in [9.17, 15) is 19.2 Å². The van der Waals surface area contributed by atoms with Crippen LogP contribution in [0.25, 0.3) is 0 Å². The topological polar surface area (TPSA) is 149 Å². The molecule has 0 saturated carbocycles. The van der Waals surface area contributed by atoms with Gasteiger partial charge >= 0.3 is 24.1 Å². The summed E-state index contributed by atoms with van der Waals surface area (Å²) >= 11 is 0. The molecule has 0 heterocycles. The molecule has 0 aliphatic rings. The number of allylic oxidation sites excluding steroid dienone is 1. The number of benzene rings is 2. The van der Waals surface area contributed by atoms with Gasteiger partial charge in [0.2, 0.25) is 0 Å². The van der Waals surface area contributed by atoms with Crippen molar-refractivity contribution >= 4 is 24.1 Å². The molecule has 0 unspecified atom stereocenters. The van der Waals surface area contributed by atoms with Gasteiger partial charge in [-0.3, -0.25) is 0 Å². The van der Waals surface area contributed by atoms with Crippen molar-refractivity contribution in [2.75, 3.05) is 6.61 Å². The van der Waals surface area contributed by atoms with E-state index in [4.69, 9.17) is 24.1 Å². The first-order chi connectivity index (χ1) is 22.1. The Labute approximate surface area is 279 Å². The van der Waals surface area contributed by atoms with Crippen molar-refractivity contribution in [3.63, 3.8) is 0 Å². The molecule has 2 aromatic rings. The summed E-state index contributed by atoms with van der Waals surface area (Å²) in [5.41, 5.74) is 0.491. The molecule has 2 atom stereocenters. The highest BCUT2D eigenvalue weighted by Gasteiger charge is 2.28. The van der Waals surface area contributed by atoms with Gasteiger partial charge in [0.25, 0.3) is 0 Å². The molecule has 0 aliphatic carbocycles. The molecule has 0 aromatic heterocycles. The Morgan fingerprint density at radius 2 is 1.11 bits per heavy atom. The van der Waals surface area contributed by atoms with Crippen LogP contribution in [0.2, 0.25) is 0 Å². The van der Waals surface area contributed by atoms with E-state index in [1.807, 2.05) is 60.7 Å². The van der Waals surface area contributed by atoms with Gasteiger partial charge in [-0.25, -0.2) is 19.2 Å². The summed E-state index contributed by atoms with van der Waals surface area (Å²) in [5.74, 6) is -0.979. The van der Waals surface area contributed by atoms with Crippen LogP contribution in [0.5, 0.6) is 0 Å². The van der Waals surface area contributed by atoms with Crippen LogP contribution in [0.15, 0.2) is 73.3 Å². The van der Waals surface area contributed by atoms with Crippen LogP contribution in [0.3, 0.4) is 0 Å². The number of aliphatic hydroxyl groups is 1. The number of hydrogen-bond acceptors (Lipinski definition) is 9. The molecule has 11 nitrogen and oxygen atoms in total. The standard InChI is InChI=1S/C18H27NO5.C18H25NO4/c1-18(2,3)24-16(21)15(11-7-8-12-20)19-17(22)23-13-14-9-5-4-6-10-14;1-5-6-12-15(16(20)23-18(2,3)4)19-17(21)22-13-14-10-8-7-9-11-14/h4-6,9-10,15,20H,7-8,11-13H2,1-3H3,(H,19,22);5,7-11,15H,1,6,12-13H2,2-4H3,(H,19,21)/t2*15-/m00/s1. The number of ether oxygens (including phenoxy) is 4. The first-order valence-corrected chi connectivity index (χ1v) is 15.8. The Morgan fingerprint density at radius 3 is 1.47 bits per heavy atom. The summed E-state index contributed by atoms with van der Waals surface area (Å²) < 4.78 is 20.9. The average Bonchev–Trinajstić information content (AvgIpc) is 3.00. The molecular formula is C36H52N2O9. The van der Waals surface area contributed by atoms with E-state index in [1.54, 1.807) is 47.6 Å². The Morgan fingerprint density at radius 1 is 0.702 bits per heavy atom. The highest BCUT2D eigenvalue weighted by atomic mass is 16.6. The number of rotatable bonds is 15. The van der Waals surface area contributed by atoms with Crippen LogP contribution < -0.4 is 10.6 Å². The molecule has 260 valence electrons. The van der Waals surface area contributed by atoms with Crippen molar-refractivity contribution in [2.24, 2.45) is 0 Å². The molecule has 2 rings (SSSR count). The Kier molecular flexibility index (Phi) is 18.5. The summed E-state index contributed by atoms with van der Waals surface area (Å²) in [7, 11) is 0. The van der Waals surface area contributed by atoms with Crippen LogP contribution in [-0.2, 0) is 41.8 Å². The van der Waals surface area contributed by atoms with Crippen LogP contribution in [0.4, 0.5) is 9.59 Å². The summed E-state index contributed by atoms with van der Waals surface area (Å²) in [6, 6.07) is 17.1. The predicted octanol–water partition coefficient (Wildman–Crippen LogP) is 6.38.